The number of nitrogens with zero attached hydrogens (tertiary/aromatic N) is 1. The summed E-state index contributed by atoms with van der Waals surface area (Å²) in [5, 5.41) is -0.0867. The van der Waals surface area contributed by atoms with Crippen LogP contribution in [0.3, 0.4) is 0 Å². The van der Waals surface area contributed by atoms with E-state index in [1.165, 1.54) is 7.11 Å². The highest BCUT2D eigenvalue weighted by Gasteiger charge is 2.38. The van der Waals surface area contributed by atoms with Gasteiger partial charge in [0.25, 0.3) is 11.8 Å². The predicted octanol–water partition coefficient (Wildman–Crippen LogP) is 4.26. The van der Waals surface area contributed by atoms with Crippen molar-refractivity contribution in [2.24, 2.45) is 5.92 Å². The molecule has 0 unspecified atom stereocenters. The van der Waals surface area contributed by atoms with Gasteiger partial charge in [0.2, 0.25) is 0 Å². The summed E-state index contributed by atoms with van der Waals surface area (Å²) in [5.41, 5.74) is 1.49. The minimum atomic E-state index is -0.522. The largest absolute Gasteiger partial charge is 0.493 e. The smallest absolute Gasteiger partial charge is 0.273 e. The van der Waals surface area contributed by atoms with Crippen LogP contribution in [0.2, 0.25) is 0 Å². The van der Waals surface area contributed by atoms with Crippen molar-refractivity contribution in [3.8, 4) is 17.2 Å². The maximum Gasteiger partial charge on any atom is 0.273 e. The Morgan fingerprint density at radius 3 is 2.20 bits per heavy atom. The van der Waals surface area contributed by atoms with Crippen LogP contribution < -0.4 is 14.2 Å². The van der Waals surface area contributed by atoms with Crippen molar-refractivity contribution in [1.82, 2.24) is 4.90 Å². The highest BCUT2D eigenvalue weighted by atomic mass is 35.5. The molecule has 2 aromatic rings. The number of imide groups is 1. The first-order valence-electron chi connectivity index (χ1n) is 9.55. The number of ether oxygens (including phenoxy) is 3. The van der Waals surface area contributed by atoms with Crippen molar-refractivity contribution in [2.75, 3.05) is 20.8 Å². The molecule has 0 saturated heterocycles. The highest BCUT2D eigenvalue weighted by molar-refractivity contribution is 6.55. The van der Waals surface area contributed by atoms with Crippen LogP contribution >= 0.6 is 11.6 Å². The molecule has 0 N–H and O–H groups in total. The molecule has 0 radical (unpaired) electrons. The molecule has 3 rings (SSSR count). The van der Waals surface area contributed by atoms with E-state index in [-0.39, 0.29) is 17.2 Å². The quantitative estimate of drug-likeness (QED) is 0.587. The number of benzene rings is 2. The van der Waals surface area contributed by atoms with Gasteiger partial charge in [-0.1, -0.05) is 43.6 Å². The third-order valence-electron chi connectivity index (χ3n) is 4.63. The Hall–Kier alpha value is -2.99. The van der Waals surface area contributed by atoms with Crippen LogP contribution in [0.25, 0.3) is 5.57 Å². The zero-order chi connectivity index (χ0) is 21.8. The Balaban J connectivity index is 1.79. The molecule has 30 heavy (non-hydrogen) atoms. The molecule has 2 amide bonds. The number of halogens is 1. The van der Waals surface area contributed by atoms with Crippen LogP contribution in [-0.4, -0.2) is 37.5 Å². The van der Waals surface area contributed by atoms with E-state index in [1.54, 1.807) is 49.6 Å². The lowest BCUT2D eigenvalue weighted by atomic mass is 10.1. The second-order valence-electron chi connectivity index (χ2n) is 7.30. The second kappa shape index (κ2) is 9.22. The van der Waals surface area contributed by atoms with Crippen molar-refractivity contribution in [1.29, 1.82) is 0 Å². The Kier molecular flexibility index (Phi) is 6.67. The Bertz CT molecular complexity index is 982. The Labute approximate surface area is 181 Å². The zero-order valence-electron chi connectivity index (χ0n) is 17.4. The number of amides is 2. The number of carbonyl (C=O) groups excluding carboxylic acids is 2. The van der Waals surface area contributed by atoms with E-state index in [9.17, 15) is 9.59 Å². The van der Waals surface area contributed by atoms with Crippen molar-refractivity contribution in [2.45, 2.75) is 20.4 Å². The normalized spacial score (nSPS) is 14.0. The van der Waals surface area contributed by atoms with Gasteiger partial charge in [-0.05, 0) is 41.3 Å². The Morgan fingerprint density at radius 1 is 0.933 bits per heavy atom. The molecule has 0 aliphatic carbocycles. The van der Waals surface area contributed by atoms with E-state index >= 15 is 0 Å². The van der Waals surface area contributed by atoms with Gasteiger partial charge in [-0.2, -0.15) is 0 Å². The molecule has 158 valence electrons. The summed E-state index contributed by atoms with van der Waals surface area (Å²) in [5.74, 6) is 1.23. The van der Waals surface area contributed by atoms with Gasteiger partial charge in [0, 0.05) is 0 Å². The molecular formula is C23H24ClNO5. The summed E-state index contributed by atoms with van der Waals surface area (Å²) in [6.45, 7) is 4.80. The number of hydrogen-bond donors (Lipinski definition) is 0. The summed E-state index contributed by atoms with van der Waals surface area (Å²) < 4.78 is 16.2. The van der Waals surface area contributed by atoms with E-state index in [4.69, 9.17) is 25.8 Å². The minimum Gasteiger partial charge on any atom is -0.493 e. The molecule has 0 spiro atoms. The number of methoxy groups -OCH3 is 2. The van der Waals surface area contributed by atoms with Gasteiger partial charge >= 0.3 is 0 Å². The van der Waals surface area contributed by atoms with Crippen LogP contribution in [0.5, 0.6) is 17.2 Å². The van der Waals surface area contributed by atoms with Gasteiger partial charge in [-0.25, -0.2) is 0 Å². The fraction of sp³-hybridized carbons (Fsp3) is 0.304. The summed E-state index contributed by atoms with van der Waals surface area (Å²) in [6, 6.07) is 12.2. The lowest BCUT2D eigenvalue weighted by molar-refractivity contribution is -0.137. The van der Waals surface area contributed by atoms with Crippen LogP contribution in [0, 0.1) is 5.92 Å². The van der Waals surface area contributed by atoms with Gasteiger partial charge < -0.3 is 14.2 Å². The second-order valence-corrected chi connectivity index (χ2v) is 7.68. The maximum atomic E-state index is 13.0. The first kappa shape index (κ1) is 21.7. The van der Waals surface area contributed by atoms with Crippen molar-refractivity contribution >= 4 is 29.0 Å². The lowest BCUT2D eigenvalue weighted by Gasteiger charge is -2.16. The minimum absolute atomic E-state index is 0.0767. The monoisotopic (exact) mass is 429 g/mol. The molecule has 2 aromatic carbocycles. The average Bonchev–Trinajstić information content (AvgIpc) is 2.95. The highest BCUT2D eigenvalue weighted by Crippen LogP contribution is 2.34. The molecule has 0 saturated carbocycles. The molecule has 0 bridgehead atoms. The summed E-state index contributed by atoms with van der Waals surface area (Å²) in [6.07, 6.45) is 0. The lowest BCUT2D eigenvalue weighted by Crippen LogP contribution is -2.30. The molecule has 7 heteroatoms. The first-order chi connectivity index (χ1) is 14.3. The maximum absolute atomic E-state index is 13.0. The topological polar surface area (TPSA) is 65.1 Å². The predicted molar refractivity (Wildman–Crippen MR) is 115 cm³/mol. The fourth-order valence-electron chi connectivity index (χ4n) is 3.08. The van der Waals surface area contributed by atoms with E-state index in [0.29, 0.717) is 35.3 Å². The molecule has 0 aromatic heterocycles. The molecule has 1 heterocycles. The molecule has 0 atom stereocenters. The number of hydrogen-bond acceptors (Lipinski definition) is 5. The average molecular weight is 430 g/mol. The molecule has 1 aliphatic heterocycles. The van der Waals surface area contributed by atoms with Crippen molar-refractivity contribution in [3.05, 3.63) is 58.6 Å². The van der Waals surface area contributed by atoms with E-state index in [1.807, 2.05) is 0 Å². The zero-order valence-corrected chi connectivity index (χ0v) is 18.2. The van der Waals surface area contributed by atoms with Gasteiger partial charge in [0.1, 0.15) is 10.8 Å². The first-order valence-corrected chi connectivity index (χ1v) is 9.93. The van der Waals surface area contributed by atoms with E-state index in [0.717, 1.165) is 10.5 Å². The van der Waals surface area contributed by atoms with Crippen LogP contribution in [0.15, 0.2) is 47.5 Å². The van der Waals surface area contributed by atoms with Crippen LogP contribution in [-0.2, 0) is 16.1 Å². The van der Waals surface area contributed by atoms with Gasteiger partial charge in [0.15, 0.2) is 11.5 Å². The van der Waals surface area contributed by atoms with E-state index < -0.39 is 11.8 Å². The standard InChI is InChI=1S/C23H24ClNO5/c1-14(2)13-30-17-8-6-16(7-9-17)20-21(24)23(27)25(22(20)26)12-15-5-10-18(28-3)19(11-15)29-4/h5-11,14H,12-13H2,1-4H3. The molecular weight excluding hydrogens is 406 g/mol. The summed E-state index contributed by atoms with van der Waals surface area (Å²) in [7, 11) is 3.07. The third-order valence-corrected chi connectivity index (χ3v) is 4.98. The van der Waals surface area contributed by atoms with Gasteiger partial charge in [-0.3, -0.25) is 14.5 Å². The van der Waals surface area contributed by atoms with Crippen LogP contribution in [0.4, 0.5) is 0 Å². The Morgan fingerprint density at radius 2 is 1.60 bits per heavy atom. The fourth-order valence-corrected chi connectivity index (χ4v) is 3.37. The van der Waals surface area contributed by atoms with Gasteiger partial charge in [-0.15, -0.1) is 0 Å². The van der Waals surface area contributed by atoms with Crippen molar-refractivity contribution in [3.63, 3.8) is 0 Å². The number of carbonyl (C=O) groups is 2. The van der Waals surface area contributed by atoms with Crippen molar-refractivity contribution < 1.29 is 23.8 Å². The summed E-state index contributed by atoms with van der Waals surface area (Å²) in [4.78, 5) is 26.8. The van der Waals surface area contributed by atoms with E-state index in [2.05, 4.69) is 13.8 Å². The van der Waals surface area contributed by atoms with Gasteiger partial charge in [0.05, 0.1) is 32.9 Å². The van der Waals surface area contributed by atoms with Crippen LogP contribution in [0.1, 0.15) is 25.0 Å². The SMILES string of the molecule is COc1ccc(CN2C(=O)C(Cl)=C(c3ccc(OCC(C)C)cc3)C2=O)cc1OC. The summed E-state index contributed by atoms with van der Waals surface area (Å²) >= 11 is 6.26. The molecule has 0 fully saturated rings. The third kappa shape index (κ3) is 4.44. The molecule has 1 aliphatic rings. The molecule has 6 nitrogen and oxygen atoms in total. The number of rotatable bonds is 8.